The first kappa shape index (κ1) is 14.3. The Bertz CT molecular complexity index is 371. The summed E-state index contributed by atoms with van der Waals surface area (Å²) in [4.78, 5) is 14.6. The summed E-state index contributed by atoms with van der Waals surface area (Å²) in [6.45, 7) is 0.697. The highest BCUT2D eigenvalue weighted by atomic mass is 19.1. The lowest BCUT2D eigenvalue weighted by Crippen LogP contribution is -2.54. The average molecular weight is 284 g/mol. The summed E-state index contributed by atoms with van der Waals surface area (Å²) in [5, 5.41) is 2.94. The molecule has 5 heteroatoms. The number of halogens is 1. The van der Waals surface area contributed by atoms with Crippen LogP contribution in [0.4, 0.5) is 4.39 Å². The predicted molar refractivity (Wildman–Crippen MR) is 73.8 cm³/mol. The zero-order chi connectivity index (χ0) is 14.3. The van der Waals surface area contributed by atoms with Crippen LogP contribution in [-0.2, 0) is 9.53 Å². The fourth-order valence-electron chi connectivity index (χ4n) is 4.67. The number of carbonyl (C=O) groups excluding carboxylic acids is 1. The van der Waals surface area contributed by atoms with E-state index in [2.05, 4.69) is 17.3 Å². The Morgan fingerprint density at radius 3 is 2.75 bits per heavy atom. The zero-order valence-corrected chi connectivity index (χ0v) is 12.3. The van der Waals surface area contributed by atoms with Gasteiger partial charge >= 0.3 is 5.97 Å². The molecule has 1 N–H and O–H groups in total. The van der Waals surface area contributed by atoms with Crippen molar-refractivity contribution in [3.05, 3.63) is 0 Å². The van der Waals surface area contributed by atoms with Gasteiger partial charge in [-0.05, 0) is 51.0 Å². The lowest BCUT2D eigenvalue weighted by Gasteiger charge is -2.45. The summed E-state index contributed by atoms with van der Waals surface area (Å²) in [5.41, 5.74) is 0. The molecule has 0 spiro atoms. The Labute approximate surface area is 120 Å². The molecule has 3 aliphatic heterocycles. The predicted octanol–water partition coefficient (Wildman–Crippen LogP) is 1.55. The first-order valence-electron chi connectivity index (χ1n) is 7.79. The molecule has 6 atom stereocenters. The van der Waals surface area contributed by atoms with Crippen LogP contribution in [0.15, 0.2) is 0 Å². The maximum atomic E-state index is 13.3. The largest absolute Gasteiger partial charge is 0.469 e. The van der Waals surface area contributed by atoms with E-state index in [0.29, 0.717) is 36.9 Å². The van der Waals surface area contributed by atoms with E-state index in [9.17, 15) is 9.18 Å². The number of nitrogens with zero attached hydrogens (tertiary/aromatic N) is 1. The number of hydrogen-bond donors (Lipinski definition) is 1. The number of rotatable bonds is 2. The Kier molecular flexibility index (Phi) is 4.00. The highest BCUT2D eigenvalue weighted by molar-refractivity contribution is 5.74. The van der Waals surface area contributed by atoms with E-state index in [1.54, 1.807) is 0 Å². The van der Waals surface area contributed by atoms with Crippen LogP contribution in [0.5, 0.6) is 0 Å². The van der Waals surface area contributed by atoms with Crippen LogP contribution in [0.3, 0.4) is 0 Å². The molecule has 114 valence electrons. The number of piperidine rings is 2. The average Bonchev–Trinajstić information content (AvgIpc) is 2.70. The lowest BCUT2D eigenvalue weighted by molar-refractivity contribution is -0.154. The monoisotopic (exact) mass is 284 g/mol. The Morgan fingerprint density at radius 1 is 1.30 bits per heavy atom. The van der Waals surface area contributed by atoms with Gasteiger partial charge < -0.3 is 4.74 Å². The molecule has 3 saturated heterocycles. The molecule has 0 aromatic heterocycles. The number of alkyl halides is 1. The molecule has 3 unspecified atom stereocenters. The lowest BCUT2D eigenvalue weighted by atomic mass is 9.70. The number of methoxy groups -OCH3 is 1. The van der Waals surface area contributed by atoms with Crippen molar-refractivity contribution in [2.75, 3.05) is 20.7 Å². The topological polar surface area (TPSA) is 41.6 Å². The fourth-order valence-corrected chi connectivity index (χ4v) is 4.67. The molecule has 3 aliphatic rings. The minimum atomic E-state index is -0.870. The van der Waals surface area contributed by atoms with Gasteiger partial charge in [-0.3, -0.25) is 15.0 Å². The van der Waals surface area contributed by atoms with Crippen LogP contribution in [0.25, 0.3) is 0 Å². The number of ether oxygens (including phenoxy) is 1. The second-order valence-electron chi connectivity index (χ2n) is 6.63. The van der Waals surface area contributed by atoms with Gasteiger partial charge in [0.2, 0.25) is 0 Å². The number of nitrogens with one attached hydrogen (secondary N) is 1. The summed E-state index contributed by atoms with van der Waals surface area (Å²) in [6, 6.07) is 0.906. The molecule has 2 bridgehead atoms. The first-order chi connectivity index (χ1) is 9.61. The molecule has 4 nitrogen and oxygen atoms in total. The second kappa shape index (κ2) is 5.60. The van der Waals surface area contributed by atoms with Crippen molar-refractivity contribution in [1.82, 2.24) is 10.2 Å². The maximum Gasteiger partial charge on any atom is 0.310 e. The molecule has 3 rings (SSSR count). The highest BCUT2D eigenvalue weighted by Crippen LogP contribution is 2.46. The number of hydrogen-bond acceptors (Lipinski definition) is 4. The Morgan fingerprint density at radius 2 is 2.10 bits per heavy atom. The third-order valence-corrected chi connectivity index (χ3v) is 5.79. The fraction of sp³-hybridized carbons (Fsp3) is 0.933. The van der Waals surface area contributed by atoms with E-state index in [1.807, 2.05) is 0 Å². The molecule has 0 amide bonds. The molecular weight excluding hydrogens is 259 g/mol. The number of fused-ring (bicyclic) bond motifs is 2. The van der Waals surface area contributed by atoms with Gasteiger partial charge in [-0.25, -0.2) is 4.39 Å². The van der Waals surface area contributed by atoms with Gasteiger partial charge in [0, 0.05) is 18.6 Å². The molecular formula is C15H25FN2O2. The Hall–Kier alpha value is -0.680. The molecule has 0 saturated carbocycles. The minimum absolute atomic E-state index is 0.0355. The molecule has 0 radical (unpaired) electrons. The minimum Gasteiger partial charge on any atom is -0.469 e. The molecule has 3 fully saturated rings. The van der Waals surface area contributed by atoms with E-state index in [1.165, 1.54) is 13.5 Å². The quantitative estimate of drug-likeness (QED) is 0.617. The maximum absolute atomic E-state index is 13.3. The summed E-state index contributed by atoms with van der Waals surface area (Å²) in [5.74, 6) is 0.639. The zero-order valence-electron chi connectivity index (χ0n) is 12.3. The smallest absolute Gasteiger partial charge is 0.310 e. The number of carbonyl (C=O) groups is 1. The van der Waals surface area contributed by atoms with Crippen LogP contribution < -0.4 is 5.32 Å². The van der Waals surface area contributed by atoms with Crippen molar-refractivity contribution in [2.45, 2.75) is 50.5 Å². The van der Waals surface area contributed by atoms with Gasteiger partial charge in [-0.15, -0.1) is 0 Å². The molecule has 3 heterocycles. The van der Waals surface area contributed by atoms with Crippen LogP contribution in [0.1, 0.15) is 32.1 Å². The van der Waals surface area contributed by atoms with Gasteiger partial charge in [-0.1, -0.05) is 0 Å². The molecule has 0 aromatic carbocycles. The summed E-state index contributed by atoms with van der Waals surface area (Å²) < 4.78 is 18.3. The SMILES string of the molecule is COC(=O)[C@@H]1C2CC[C@H](C[C@@H]1C1CCC(F)NC1)N2C. The van der Waals surface area contributed by atoms with Crippen LogP contribution in [0.2, 0.25) is 0 Å². The van der Waals surface area contributed by atoms with Crippen molar-refractivity contribution >= 4 is 5.97 Å². The first-order valence-corrected chi connectivity index (χ1v) is 7.79. The van der Waals surface area contributed by atoms with Crippen LogP contribution >= 0.6 is 0 Å². The van der Waals surface area contributed by atoms with Crippen molar-refractivity contribution in [3.63, 3.8) is 0 Å². The van der Waals surface area contributed by atoms with Crippen molar-refractivity contribution in [2.24, 2.45) is 17.8 Å². The molecule has 0 aliphatic carbocycles. The second-order valence-corrected chi connectivity index (χ2v) is 6.63. The van der Waals surface area contributed by atoms with Gasteiger partial charge in [0.05, 0.1) is 13.0 Å². The summed E-state index contributed by atoms with van der Waals surface area (Å²) in [6.07, 6.45) is 3.90. The Balaban J connectivity index is 1.79. The van der Waals surface area contributed by atoms with E-state index in [-0.39, 0.29) is 11.9 Å². The number of esters is 1. The standard InChI is InChI=1S/C15H25FN2O2/c1-18-10-4-5-12(18)14(15(19)20-2)11(7-10)9-3-6-13(16)17-8-9/h9-14,17H,3-8H2,1-2H3/t9?,10-,11-,12?,13?,14+/m1/s1. The van der Waals surface area contributed by atoms with Gasteiger partial charge in [0.1, 0.15) is 0 Å². The third-order valence-electron chi connectivity index (χ3n) is 5.79. The van der Waals surface area contributed by atoms with Crippen LogP contribution in [-0.4, -0.2) is 50.0 Å². The highest BCUT2D eigenvalue weighted by Gasteiger charge is 2.51. The summed E-state index contributed by atoms with van der Waals surface area (Å²) >= 11 is 0. The molecule has 0 aromatic rings. The normalized spacial score (nSPS) is 45.4. The van der Waals surface area contributed by atoms with Crippen molar-refractivity contribution < 1.29 is 13.9 Å². The van der Waals surface area contributed by atoms with E-state index in [0.717, 1.165) is 19.3 Å². The van der Waals surface area contributed by atoms with E-state index in [4.69, 9.17) is 4.74 Å². The third kappa shape index (κ3) is 2.35. The van der Waals surface area contributed by atoms with Gasteiger partial charge in [0.25, 0.3) is 0 Å². The van der Waals surface area contributed by atoms with Gasteiger partial charge in [0.15, 0.2) is 6.30 Å². The van der Waals surface area contributed by atoms with Crippen molar-refractivity contribution in [1.29, 1.82) is 0 Å². The van der Waals surface area contributed by atoms with Crippen molar-refractivity contribution in [3.8, 4) is 0 Å². The summed E-state index contributed by atoms with van der Waals surface area (Å²) in [7, 11) is 3.61. The van der Waals surface area contributed by atoms with E-state index < -0.39 is 6.30 Å². The van der Waals surface area contributed by atoms with Crippen LogP contribution in [0, 0.1) is 17.8 Å². The van der Waals surface area contributed by atoms with E-state index >= 15 is 0 Å². The van der Waals surface area contributed by atoms with Gasteiger partial charge in [-0.2, -0.15) is 0 Å². The molecule has 20 heavy (non-hydrogen) atoms.